The number of fused-ring (bicyclic) bond motifs is 1. The molecule has 35 heavy (non-hydrogen) atoms. The van der Waals surface area contributed by atoms with Crippen LogP contribution in [0.4, 0.5) is 11.6 Å². The maximum absolute atomic E-state index is 13.1. The van der Waals surface area contributed by atoms with Gasteiger partial charge in [0.15, 0.2) is 0 Å². The van der Waals surface area contributed by atoms with Crippen molar-refractivity contribution in [2.75, 3.05) is 30.5 Å². The van der Waals surface area contributed by atoms with E-state index in [4.69, 9.17) is 21.1 Å². The highest BCUT2D eigenvalue weighted by molar-refractivity contribution is 6.31. The predicted molar refractivity (Wildman–Crippen MR) is 133 cm³/mol. The zero-order valence-corrected chi connectivity index (χ0v) is 20.7. The van der Waals surface area contributed by atoms with E-state index in [2.05, 4.69) is 15.4 Å². The molecule has 1 amide bonds. The summed E-state index contributed by atoms with van der Waals surface area (Å²) < 4.78 is 12.3. The van der Waals surface area contributed by atoms with E-state index in [-0.39, 0.29) is 19.1 Å². The lowest BCUT2D eigenvalue weighted by molar-refractivity contribution is -0.139. The Morgan fingerprint density at radius 2 is 1.89 bits per heavy atom. The lowest BCUT2D eigenvalue weighted by Crippen LogP contribution is -2.40. The third kappa shape index (κ3) is 4.85. The van der Waals surface area contributed by atoms with Gasteiger partial charge in [0, 0.05) is 10.7 Å². The molecular formula is C25H26ClN5O4. The Kier molecular flexibility index (Phi) is 7.07. The number of methoxy groups -OCH3 is 1. The van der Waals surface area contributed by atoms with Crippen LogP contribution in [0.15, 0.2) is 60.1 Å². The molecule has 2 heterocycles. The number of hydrogen-bond acceptors (Lipinski definition) is 7. The topological polar surface area (TPSA) is 98.6 Å². The lowest BCUT2D eigenvalue weighted by atomic mass is 9.94. The molecular weight excluding hydrogens is 470 g/mol. The smallest absolute Gasteiger partial charge is 0.338 e. The summed E-state index contributed by atoms with van der Waals surface area (Å²) >= 11 is 6.09. The van der Waals surface area contributed by atoms with Gasteiger partial charge >= 0.3 is 5.97 Å². The van der Waals surface area contributed by atoms with Crippen molar-refractivity contribution in [2.45, 2.75) is 26.8 Å². The number of aryl methyl sites for hydroxylation is 1. The fraction of sp³-hybridized carbons (Fsp3) is 0.280. The van der Waals surface area contributed by atoms with E-state index < -0.39 is 12.0 Å². The molecule has 0 aliphatic carbocycles. The number of hydrogen-bond donors (Lipinski definition) is 1. The molecule has 1 aliphatic heterocycles. The van der Waals surface area contributed by atoms with E-state index in [1.54, 1.807) is 41.6 Å². The fourth-order valence-corrected chi connectivity index (χ4v) is 4.23. The van der Waals surface area contributed by atoms with Gasteiger partial charge < -0.3 is 19.7 Å². The Labute approximate surface area is 208 Å². The number of aromatic nitrogens is 3. The van der Waals surface area contributed by atoms with Gasteiger partial charge in [-0.3, -0.25) is 4.79 Å². The first-order chi connectivity index (χ1) is 16.8. The number of nitrogens with zero attached hydrogens (tertiary/aromatic N) is 4. The molecule has 1 N–H and O–H groups in total. The van der Waals surface area contributed by atoms with Gasteiger partial charge in [-0.15, -0.1) is 0 Å². The average molecular weight is 496 g/mol. The number of benzene rings is 2. The monoisotopic (exact) mass is 495 g/mol. The molecule has 1 aromatic heterocycles. The number of carbonyl (C=O) groups is 2. The third-order valence-corrected chi connectivity index (χ3v) is 5.97. The zero-order valence-electron chi connectivity index (χ0n) is 19.9. The van der Waals surface area contributed by atoms with E-state index in [0.717, 1.165) is 11.1 Å². The van der Waals surface area contributed by atoms with Crippen molar-refractivity contribution in [3.05, 3.63) is 76.2 Å². The summed E-state index contributed by atoms with van der Waals surface area (Å²) in [6.45, 7) is 5.62. The first-order valence-corrected chi connectivity index (χ1v) is 11.5. The maximum atomic E-state index is 13.1. The van der Waals surface area contributed by atoms with Crippen molar-refractivity contribution < 1.29 is 19.1 Å². The van der Waals surface area contributed by atoms with Gasteiger partial charge in [-0.05, 0) is 44.5 Å². The van der Waals surface area contributed by atoms with Gasteiger partial charge in [0.1, 0.15) is 24.7 Å². The molecule has 1 aliphatic rings. The van der Waals surface area contributed by atoms with Crippen LogP contribution < -0.4 is 15.0 Å². The van der Waals surface area contributed by atoms with E-state index in [1.165, 1.54) is 13.4 Å². The Balaban J connectivity index is 1.72. The van der Waals surface area contributed by atoms with E-state index in [1.807, 2.05) is 31.2 Å². The number of anilines is 2. The second-order valence-corrected chi connectivity index (χ2v) is 8.45. The van der Waals surface area contributed by atoms with E-state index in [9.17, 15) is 9.59 Å². The number of rotatable bonds is 7. The van der Waals surface area contributed by atoms with Crippen LogP contribution in [-0.4, -0.2) is 46.9 Å². The molecule has 9 nitrogen and oxygen atoms in total. The number of nitrogens with one attached hydrogen (secondary N) is 1. The minimum atomic E-state index is -0.542. The highest BCUT2D eigenvalue weighted by atomic mass is 35.5. The van der Waals surface area contributed by atoms with Crippen LogP contribution in [0.2, 0.25) is 5.02 Å². The van der Waals surface area contributed by atoms with E-state index >= 15 is 0 Å². The first-order valence-electron chi connectivity index (χ1n) is 11.1. The summed E-state index contributed by atoms with van der Waals surface area (Å²) in [5.74, 6) is 0.0907. The summed E-state index contributed by atoms with van der Waals surface area (Å²) in [4.78, 5) is 32.3. The van der Waals surface area contributed by atoms with Crippen LogP contribution in [0.3, 0.4) is 0 Å². The van der Waals surface area contributed by atoms with Crippen LogP contribution in [0.5, 0.6) is 5.75 Å². The lowest BCUT2D eigenvalue weighted by Gasteiger charge is -2.35. The van der Waals surface area contributed by atoms with Gasteiger partial charge in [0.25, 0.3) is 0 Å². The first kappa shape index (κ1) is 24.3. The van der Waals surface area contributed by atoms with Crippen molar-refractivity contribution in [1.82, 2.24) is 14.8 Å². The fourth-order valence-electron chi connectivity index (χ4n) is 4.06. The quantitative estimate of drug-likeness (QED) is 0.492. The van der Waals surface area contributed by atoms with Crippen LogP contribution in [0.1, 0.15) is 31.0 Å². The molecule has 4 rings (SSSR count). The van der Waals surface area contributed by atoms with Crippen molar-refractivity contribution in [1.29, 1.82) is 0 Å². The Morgan fingerprint density at radius 3 is 2.57 bits per heavy atom. The Bertz CT molecular complexity index is 1290. The second-order valence-electron chi connectivity index (χ2n) is 8.02. The van der Waals surface area contributed by atoms with Crippen molar-refractivity contribution in [3.63, 3.8) is 0 Å². The molecule has 0 radical (unpaired) electrons. The molecule has 0 fully saturated rings. The molecule has 182 valence electrons. The van der Waals surface area contributed by atoms with Crippen molar-refractivity contribution in [2.24, 2.45) is 0 Å². The standard InChI is InChI=1S/C25H26ClN5O4/c1-5-35-24(33)22-16(3)30(13-21(32)29-19-12-18(26)10-11-20(19)34-4)25-27-14-28-31(25)23(22)17-8-6-15(2)7-9-17/h6-12,14,23H,5,13H2,1-4H3,(H,29,32)/t23-/m0/s1. The molecule has 10 heteroatoms. The number of carbonyl (C=O) groups excluding carboxylic acids is 2. The molecule has 3 aromatic rings. The van der Waals surface area contributed by atoms with Crippen LogP contribution in [0, 0.1) is 6.92 Å². The number of amides is 1. The number of halogens is 1. The molecule has 0 saturated carbocycles. The summed E-state index contributed by atoms with van der Waals surface area (Å²) in [7, 11) is 1.51. The minimum Gasteiger partial charge on any atom is -0.495 e. The van der Waals surface area contributed by atoms with Crippen LogP contribution >= 0.6 is 11.6 Å². The molecule has 0 spiro atoms. The number of esters is 1. The molecule has 1 atom stereocenters. The minimum absolute atomic E-state index is 0.121. The highest BCUT2D eigenvalue weighted by Crippen LogP contribution is 2.38. The van der Waals surface area contributed by atoms with E-state index in [0.29, 0.717) is 33.7 Å². The molecule has 2 aromatic carbocycles. The van der Waals surface area contributed by atoms with Crippen LogP contribution in [0.25, 0.3) is 0 Å². The number of allylic oxidation sites excluding steroid dienone is 1. The summed E-state index contributed by atoms with van der Waals surface area (Å²) in [5.41, 5.74) is 3.34. The summed E-state index contributed by atoms with van der Waals surface area (Å²) in [6.07, 6.45) is 1.41. The normalized spacial score (nSPS) is 15.0. The van der Waals surface area contributed by atoms with Gasteiger partial charge in [-0.2, -0.15) is 10.1 Å². The van der Waals surface area contributed by atoms with Crippen molar-refractivity contribution in [3.8, 4) is 5.75 Å². The SMILES string of the molecule is CCOC(=O)C1=C(C)N(CC(=O)Nc2cc(Cl)ccc2OC)c2ncnn2[C@H]1c1ccc(C)cc1. The molecule has 0 unspecified atom stereocenters. The van der Waals surface area contributed by atoms with Crippen LogP contribution in [-0.2, 0) is 14.3 Å². The van der Waals surface area contributed by atoms with Gasteiger partial charge in [-0.1, -0.05) is 41.4 Å². The largest absolute Gasteiger partial charge is 0.495 e. The summed E-state index contributed by atoms with van der Waals surface area (Å²) in [6, 6.07) is 12.3. The molecule has 0 bridgehead atoms. The second kappa shape index (κ2) is 10.2. The average Bonchev–Trinajstić information content (AvgIpc) is 3.31. The highest BCUT2D eigenvalue weighted by Gasteiger charge is 2.38. The molecule has 0 saturated heterocycles. The Morgan fingerprint density at radius 1 is 1.14 bits per heavy atom. The van der Waals surface area contributed by atoms with Gasteiger partial charge in [0.05, 0.1) is 25.0 Å². The maximum Gasteiger partial charge on any atom is 0.338 e. The summed E-state index contributed by atoms with van der Waals surface area (Å²) in [5, 5.41) is 7.68. The zero-order chi connectivity index (χ0) is 25.1. The van der Waals surface area contributed by atoms with Gasteiger partial charge in [0.2, 0.25) is 11.9 Å². The Hall–Kier alpha value is -3.85. The predicted octanol–water partition coefficient (Wildman–Crippen LogP) is 4.13. The third-order valence-electron chi connectivity index (χ3n) is 5.73. The van der Waals surface area contributed by atoms with Crippen molar-refractivity contribution >= 4 is 35.1 Å². The van der Waals surface area contributed by atoms with Gasteiger partial charge in [-0.25, -0.2) is 9.48 Å². The number of ether oxygens (including phenoxy) is 2.